The first-order valence-electron chi connectivity index (χ1n) is 9.06. The van der Waals surface area contributed by atoms with Crippen LogP contribution in [0.3, 0.4) is 0 Å². The average molecular weight is 410 g/mol. The minimum atomic E-state index is -4.45. The molecule has 5 nitrogen and oxygen atoms in total. The number of piperidine rings is 1. The number of halogens is 4. The van der Waals surface area contributed by atoms with Crippen LogP contribution in [0.5, 0.6) is 0 Å². The molecular weight excluding hydrogens is 391 g/mol. The minimum absolute atomic E-state index is 0.217. The number of aryl methyl sites for hydroxylation is 1. The quantitative estimate of drug-likeness (QED) is 0.639. The topological polar surface area (TPSA) is 46.3 Å². The van der Waals surface area contributed by atoms with Crippen LogP contribution in [0.4, 0.5) is 13.2 Å². The highest BCUT2D eigenvalue weighted by Gasteiger charge is 2.33. The van der Waals surface area contributed by atoms with E-state index in [1.807, 2.05) is 13.0 Å². The molecule has 9 heteroatoms. The van der Waals surface area contributed by atoms with E-state index in [9.17, 15) is 13.2 Å². The van der Waals surface area contributed by atoms with Gasteiger partial charge in [-0.05, 0) is 50.1 Å². The summed E-state index contributed by atoms with van der Waals surface area (Å²) in [6, 6.07) is 6.15. The standard InChI is InChI=1S/C19H19ClF3N5/c1-12-7-17(28-18(26-12)24-11-25-28)14-3-2-6-27(10-14)9-13-4-5-16(20)15(8-13)19(21,22)23/h4-5,7-8,11,14H,2-3,6,9-10H2,1H3. The van der Waals surface area contributed by atoms with E-state index in [0.29, 0.717) is 17.9 Å². The van der Waals surface area contributed by atoms with Gasteiger partial charge in [0.25, 0.3) is 5.78 Å². The molecule has 2 aromatic heterocycles. The molecule has 3 aromatic rings. The lowest BCUT2D eigenvalue weighted by Crippen LogP contribution is -2.34. The molecule has 0 spiro atoms. The monoisotopic (exact) mass is 409 g/mol. The van der Waals surface area contributed by atoms with Gasteiger partial charge in [0.2, 0.25) is 0 Å². The van der Waals surface area contributed by atoms with Crippen LogP contribution < -0.4 is 0 Å². The van der Waals surface area contributed by atoms with Crippen LogP contribution in [0, 0.1) is 6.92 Å². The summed E-state index contributed by atoms with van der Waals surface area (Å²) in [7, 11) is 0. The van der Waals surface area contributed by atoms with Crippen molar-refractivity contribution in [1.82, 2.24) is 24.5 Å². The highest BCUT2D eigenvalue weighted by Crippen LogP contribution is 2.36. The zero-order valence-electron chi connectivity index (χ0n) is 15.2. The van der Waals surface area contributed by atoms with E-state index >= 15 is 0 Å². The Kier molecular flexibility index (Phi) is 5.01. The van der Waals surface area contributed by atoms with Crippen molar-refractivity contribution in [2.75, 3.05) is 13.1 Å². The Labute approximate surface area is 165 Å². The molecule has 4 rings (SSSR count). The third-order valence-corrected chi connectivity index (χ3v) is 5.40. The molecule has 1 fully saturated rings. The van der Waals surface area contributed by atoms with E-state index in [0.717, 1.165) is 43.4 Å². The molecule has 1 aromatic carbocycles. The number of hydrogen-bond acceptors (Lipinski definition) is 4. The maximum Gasteiger partial charge on any atom is 0.417 e. The van der Waals surface area contributed by atoms with Crippen molar-refractivity contribution in [2.24, 2.45) is 0 Å². The van der Waals surface area contributed by atoms with Gasteiger partial charge >= 0.3 is 6.18 Å². The zero-order valence-corrected chi connectivity index (χ0v) is 16.0. The Balaban J connectivity index is 1.56. The normalized spacial score (nSPS) is 18.7. The van der Waals surface area contributed by atoms with Gasteiger partial charge < -0.3 is 0 Å². The van der Waals surface area contributed by atoms with E-state index in [2.05, 4.69) is 20.0 Å². The largest absolute Gasteiger partial charge is 0.417 e. The smallest absolute Gasteiger partial charge is 0.298 e. The SMILES string of the molecule is Cc1cc(C2CCCN(Cc3ccc(Cl)c(C(F)(F)F)c3)C2)n2ncnc2n1. The summed E-state index contributed by atoms with van der Waals surface area (Å²) in [6.45, 7) is 3.94. The summed E-state index contributed by atoms with van der Waals surface area (Å²) in [5, 5.41) is 4.01. The van der Waals surface area contributed by atoms with Crippen LogP contribution in [-0.2, 0) is 12.7 Å². The molecule has 1 aliphatic rings. The Hall–Kier alpha value is -2.19. The average Bonchev–Trinajstić information content (AvgIpc) is 3.10. The van der Waals surface area contributed by atoms with Crippen molar-refractivity contribution in [3.8, 4) is 0 Å². The summed E-state index contributed by atoms with van der Waals surface area (Å²) in [5.74, 6) is 0.786. The summed E-state index contributed by atoms with van der Waals surface area (Å²) in [5.41, 5.74) is 1.74. The van der Waals surface area contributed by atoms with Gasteiger partial charge in [0.15, 0.2) is 0 Å². The molecule has 0 bridgehead atoms. The van der Waals surface area contributed by atoms with E-state index in [1.54, 1.807) is 10.6 Å². The predicted octanol–water partition coefficient (Wildman–Crippen LogP) is 4.48. The number of fused-ring (bicyclic) bond motifs is 1. The summed E-state index contributed by atoms with van der Waals surface area (Å²) >= 11 is 5.73. The van der Waals surface area contributed by atoms with Crippen molar-refractivity contribution < 1.29 is 13.2 Å². The van der Waals surface area contributed by atoms with E-state index in [-0.39, 0.29) is 10.9 Å². The van der Waals surface area contributed by atoms with Crippen LogP contribution in [0.2, 0.25) is 5.02 Å². The van der Waals surface area contributed by atoms with Crippen LogP contribution in [0.15, 0.2) is 30.6 Å². The Morgan fingerprint density at radius 3 is 2.86 bits per heavy atom. The van der Waals surface area contributed by atoms with Crippen LogP contribution in [-0.4, -0.2) is 37.6 Å². The number of benzene rings is 1. The van der Waals surface area contributed by atoms with Crippen molar-refractivity contribution in [1.29, 1.82) is 0 Å². The number of hydrogen-bond donors (Lipinski definition) is 0. The molecule has 148 valence electrons. The molecule has 1 aliphatic heterocycles. The maximum absolute atomic E-state index is 13.1. The number of aromatic nitrogens is 4. The van der Waals surface area contributed by atoms with Crippen LogP contribution in [0.25, 0.3) is 5.78 Å². The number of nitrogens with zero attached hydrogens (tertiary/aromatic N) is 5. The molecule has 1 atom stereocenters. The highest BCUT2D eigenvalue weighted by molar-refractivity contribution is 6.31. The molecule has 1 saturated heterocycles. The second kappa shape index (κ2) is 7.33. The third-order valence-electron chi connectivity index (χ3n) is 5.07. The minimum Gasteiger partial charge on any atom is -0.298 e. The molecule has 28 heavy (non-hydrogen) atoms. The molecule has 0 amide bonds. The summed E-state index contributed by atoms with van der Waals surface area (Å²) < 4.78 is 41.1. The molecule has 0 radical (unpaired) electrons. The summed E-state index contributed by atoms with van der Waals surface area (Å²) in [4.78, 5) is 10.7. The second-order valence-corrected chi connectivity index (χ2v) is 7.59. The van der Waals surface area contributed by atoms with Gasteiger partial charge in [0, 0.05) is 24.7 Å². The molecular formula is C19H19ClF3N5. The van der Waals surface area contributed by atoms with Gasteiger partial charge in [-0.1, -0.05) is 17.7 Å². The number of rotatable bonds is 3. The number of likely N-dealkylation sites (tertiary alicyclic amines) is 1. The lowest BCUT2D eigenvalue weighted by atomic mass is 9.93. The van der Waals surface area contributed by atoms with Gasteiger partial charge in [-0.25, -0.2) is 9.50 Å². The highest BCUT2D eigenvalue weighted by atomic mass is 35.5. The molecule has 0 aliphatic carbocycles. The maximum atomic E-state index is 13.1. The van der Waals surface area contributed by atoms with Gasteiger partial charge in [-0.2, -0.15) is 23.3 Å². The fraction of sp³-hybridized carbons (Fsp3) is 0.421. The van der Waals surface area contributed by atoms with Crippen LogP contribution in [0.1, 0.15) is 41.3 Å². The Morgan fingerprint density at radius 1 is 1.25 bits per heavy atom. The van der Waals surface area contributed by atoms with E-state index < -0.39 is 11.7 Å². The zero-order chi connectivity index (χ0) is 19.9. The Morgan fingerprint density at radius 2 is 2.07 bits per heavy atom. The van der Waals surface area contributed by atoms with Gasteiger partial charge in [0.1, 0.15) is 6.33 Å². The lowest BCUT2D eigenvalue weighted by Gasteiger charge is -2.33. The van der Waals surface area contributed by atoms with Gasteiger partial charge in [-0.15, -0.1) is 0 Å². The first-order valence-corrected chi connectivity index (χ1v) is 9.44. The Bertz CT molecular complexity index is 1000. The first-order chi connectivity index (χ1) is 13.3. The fourth-order valence-electron chi connectivity index (χ4n) is 3.84. The van der Waals surface area contributed by atoms with E-state index in [1.165, 1.54) is 12.4 Å². The van der Waals surface area contributed by atoms with Gasteiger partial charge in [0.05, 0.1) is 16.3 Å². The van der Waals surface area contributed by atoms with Crippen molar-refractivity contribution in [3.05, 3.63) is 58.1 Å². The van der Waals surface area contributed by atoms with Crippen molar-refractivity contribution in [3.63, 3.8) is 0 Å². The molecule has 3 heterocycles. The third kappa shape index (κ3) is 3.84. The van der Waals surface area contributed by atoms with Gasteiger partial charge in [-0.3, -0.25) is 4.90 Å². The number of alkyl halides is 3. The van der Waals surface area contributed by atoms with E-state index in [4.69, 9.17) is 11.6 Å². The molecule has 0 saturated carbocycles. The molecule has 0 N–H and O–H groups in total. The lowest BCUT2D eigenvalue weighted by molar-refractivity contribution is -0.137. The molecule has 1 unspecified atom stereocenters. The van der Waals surface area contributed by atoms with Crippen molar-refractivity contribution in [2.45, 2.75) is 38.4 Å². The fourth-order valence-corrected chi connectivity index (χ4v) is 4.06. The van der Waals surface area contributed by atoms with Crippen molar-refractivity contribution >= 4 is 17.4 Å². The van der Waals surface area contributed by atoms with Crippen LogP contribution >= 0.6 is 11.6 Å². The summed E-state index contributed by atoms with van der Waals surface area (Å²) in [6.07, 6.45) is -1.02. The second-order valence-electron chi connectivity index (χ2n) is 7.18. The first kappa shape index (κ1) is 19.1. The predicted molar refractivity (Wildman–Crippen MR) is 99.2 cm³/mol.